The average Bonchev–Trinajstić information content (AvgIpc) is 3.27. The summed E-state index contributed by atoms with van der Waals surface area (Å²) in [6, 6.07) is 13.8. The van der Waals surface area contributed by atoms with E-state index in [1.807, 2.05) is 72.3 Å². The second kappa shape index (κ2) is 12.1. The van der Waals surface area contributed by atoms with Gasteiger partial charge in [-0.05, 0) is 49.4 Å². The van der Waals surface area contributed by atoms with E-state index in [4.69, 9.17) is 4.52 Å². The van der Waals surface area contributed by atoms with E-state index in [-0.39, 0.29) is 17.7 Å². The number of carbonyl (C=O) groups is 2. The first kappa shape index (κ1) is 26.5. The largest absolute Gasteiger partial charge is 0.361 e. The molecule has 0 saturated heterocycles. The lowest BCUT2D eigenvalue weighted by atomic mass is 10.0. The number of benzene rings is 1. The second-order valence-electron chi connectivity index (χ2n) is 9.98. The molecule has 0 atom stereocenters. The summed E-state index contributed by atoms with van der Waals surface area (Å²) in [5.74, 6) is 0.518. The highest BCUT2D eigenvalue weighted by molar-refractivity contribution is 5.97. The summed E-state index contributed by atoms with van der Waals surface area (Å²) in [4.78, 5) is 37.2. The van der Waals surface area contributed by atoms with Crippen molar-refractivity contribution in [1.29, 1.82) is 0 Å². The van der Waals surface area contributed by atoms with E-state index in [0.29, 0.717) is 36.7 Å². The first-order valence-corrected chi connectivity index (χ1v) is 13.1. The molecule has 8 heteroatoms. The maximum absolute atomic E-state index is 13.9. The zero-order valence-corrected chi connectivity index (χ0v) is 22.3. The van der Waals surface area contributed by atoms with Gasteiger partial charge in [0.25, 0.3) is 5.91 Å². The van der Waals surface area contributed by atoms with Gasteiger partial charge in [-0.15, -0.1) is 0 Å². The molecule has 1 aromatic carbocycles. The standard InChI is InChI=1S/C29H37N5O3/c1-21(2)28-27(22(3)37-31-28)29(36)33-17-9-15-32(20-25-12-7-8-14-30-25)16-10-18-34(23(4)35)26-13-6-5-11-24(26)19-33/h5-8,11-14,21H,9-10,15-20H2,1-4H3. The second-order valence-corrected chi connectivity index (χ2v) is 9.98. The number of carbonyl (C=O) groups excluding carboxylic acids is 2. The van der Waals surface area contributed by atoms with Crippen LogP contribution in [-0.4, -0.2) is 57.9 Å². The highest BCUT2D eigenvalue weighted by Crippen LogP contribution is 2.27. The Morgan fingerprint density at radius 1 is 1.00 bits per heavy atom. The zero-order valence-electron chi connectivity index (χ0n) is 22.3. The molecule has 4 rings (SSSR count). The van der Waals surface area contributed by atoms with Crippen molar-refractivity contribution < 1.29 is 14.1 Å². The molecule has 1 aliphatic heterocycles. The fraction of sp³-hybridized carbons (Fsp3) is 0.448. The van der Waals surface area contributed by atoms with Crippen LogP contribution in [0.5, 0.6) is 0 Å². The van der Waals surface area contributed by atoms with Gasteiger partial charge in [0.15, 0.2) is 0 Å². The molecular weight excluding hydrogens is 466 g/mol. The molecule has 2 amide bonds. The smallest absolute Gasteiger partial charge is 0.259 e. The summed E-state index contributed by atoms with van der Waals surface area (Å²) in [5, 5.41) is 4.18. The van der Waals surface area contributed by atoms with Crippen molar-refractivity contribution >= 4 is 17.5 Å². The predicted molar refractivity (Wildman–Crippen MR) is 143 cm³/mol. The molecule has 2 aromatic heterocycles. The van der Waals surface area contributed by atoms with Crippen molar-refractivity contribution in [2.24, 2.45) is 0 Å². The molecule has 0 N–H and O–H groups in total. The van der Waals surface area contributed by atoms with Gasteiger partial charge < -0.3 is 14.3 Å². The van der Waals surface area contributed by atoms with Gasteiger partial charge in [-0.2, -0.15) is 0 Å². The molecule has 3 aromatic rings. The van der Waals surface area contributed by atoms with E-state index in [2.05, 4.69) is 15.0 Å². The van der Waals surface area contributed by atoms with E-state index in [1.165, 1.54) is 0 Å². The van der Waals surface area contributed by atoms with Crippen LogP contribution in [0, 0.1) is 6.92 Å². The Balaban J connectivity index is 1.67. The molecule has 0 spiro atoms. The van der Waals surface area contributed by atoms with Gasteiger partial charge in [-0.1, -0.05) is 43.3 Å². The van der Waals surface area contributed by atoms with Crippen molar-refractivity contribution in [3.05, 3.63) is 76.9 Å². The van der Waals surface area contributed by atoms with Crippen molar-refractivity contribution in [2.45, 2.75) is 59.5 Å². The summed E-state index contributed by atoms with van der Waals surface area (Å²) < 4.78 is 5.44. The van der Waals surface area contributed by atoms with E-state index < -0.39 is 0 Å². The molecule has 3 heterocycles. The molecule has 0 unspecified atom stereocenters. The van der Waals surface area contributed by atoms with Crippen LogP contribution in [0.1, 0.15) is 72.6 Å². The fourth-order valence-corrected chi connectivity index (χ4v) is 4.94. The molecule has 0 saturated carbocycles. The quantitative estimate of drug-likeness (QED) is 0.509. The van der Waals surface area contributed by atoms with Crippen molar-refractivity contribution in [2.75, 3.05) is 31.1 Å². The number of nitrogens with zero attached hydrogens (tertiary/aromatic N) is 5. The van der Waals surface area contributed by atoms with Crippen LogP contribution in [0.25, 0.3) is 0 Å². The van der Waals surface area contributed by atoms with Crippen LogP contribution < -0.4 is 4.90 Å². The number of para-hydroxylation sites is 1. The average molecular weight is 504 g/mol. The van der Waals surface area contributed by atoms with Crippen LogP contribution in [-0.2, 0) is 17.9 Å². The predicted octanol–water partition coefficient (Wildman–Crippen LogP) is 4.79. The van der Waals surface area contributed by atoms with E-state index >= 15 is 0 Å². The van der Waals surface area contributed by atoms with Crippen LogP contribution in [0.2, 0.25) is 0 Å². The monoisotopic (exact) mass is 503 g/mol. The summed E-state index contributed by atoms with van der Waals surface area (Å²) in [6.45, 7) is 11.4. The molecule has 0 bridgehead atoms. The summed E-state index contributed by atoms with van der Waals surface area (Å²) in [5.41, 5.74) is 4.06. The number of hydrogen-bond donors (Lipinski definition) is 0. The number of rotatable bonds is 4. The number of pyridine rings is 1. The van der Waals surface area contributed by atoms with Gasteiger partial charge in [0.05, 0.1) is 11.4 Å². The first-order chi connectivity index (χ1) is 17.8. The minimum absolute atomic E-state index is 0.00404. The molecule has 1 aliphatic rings. The maximum atomic E-state index is 13.9. The fourth-order valence-electron chi connectivity index (χ4n) is 4.94. The number of anilines is 1. The van der Waals surface area contributed by atoms with Crippen LogP contribution in [0.3, 0.4) is 0 Å². The summed E-state index contributed by atoms with van der Waals surface area (Å²) in [7, 11) is 0. The Kier molecular flexibility index (Phi) is 8.71. The van der Waals surface area contributed by atoms with E-state index in [1.54, 1.807) is 13.8 Å². The minimum Gasteiger partial charge on any atom is -0.361 e. The molecule has 0 fully saturated rings. The van der Waals surface area contributed by atoms with Crippen molar-refractivity contribution in [1.82, 2.24) is 19.9 Å². The summed E-state index contributed by atoms with van der Waals surface area (Å²) >= 11 is 0. The molecule has 37 heavy (non-hydrogen) atoms. The Morgan fingerprint density at radius 3 is 2.43 bits per heavy atom. The SMILES string of the molecule is CC(=O)N1CCCN(Cc2ccccn2)CCCN(C(=O)c2c(C(C)C)noc2C)Cc2ccccc21. The Morgan fingerprint density at radius 2 is 1.73 bits per heavy atom. The summed E-state index contributed by atoms with van der Waals surface area (Å²) in [6.07, 6.45) is 3.48. The Hall–Kier alpha value is -3.52. The van der Waals surface area contributed by atoms with Crippen molar-refractivity contribution in [3.8, 4) is 0 Å². The number of aromatic nitrogens is 2. The highest BCUT2D eigenvalue weighted by Gasteiger charge is 2.28. The lowest BCUT2D eigenvalue weighted by Crippen LogP contribution is -2.38. The van der Waals surface area contributed by atoms with Gasteiger partial charge in [-0.3, -0.25) is 19.5 Å². The molecular formula is C29H37N5O3. The number of hydrogen-bond acceptors (Lipinski definition) is 6. The Bertz CT molecular complexity index is 1210. The normalized spacial score (nSPS) is 15.7. The number of amides is 2. The number of aryl methyl sites for hydroxylation is 1. The lowest BCUT2D eigenvalue weighted by molar-refractivity contribution is -0.116. The van der Waals surface area contributed by atoms with E-state index in [0.717, 1.165) is 49.4 Å². The van der Waals surface area contributed by atoms with Gasteiger partial charge >= 0.3 is 0 Å². The van der Waals surface area contributed by atoms with Crippen LogP contribution in [0.4, 0.5) is 5.69 Å². The Labute approximate surface area is 219 Å². The third-order valence-electron chi connectivity index (χ3n) is 6.83. The molecule has 8 nitrogen and oxygen atoms in total. The van der Waals surface area contributed by atoms with Gasteiger partial charge in [0.1, 0.15) is 11.3 Å². The highest BCUT2D eigenvalue weighted by atomic mass is 16.5. The first-order valence-electron chi connectivity index (χ1n) is 13.1. The van der Waals surface area contributed by atoms with Crippen molar-refractivity contribution in [3.63, 3.8) is 0 Å². The van der Waals surface area contributed by atoms with Gasteiger partial charge in [-0.25, -0.2) is 0 Å². The lowest BCUT2D eigenvalue weighted by Gasteiger charge is -2.31. The number of fused-ring (bicyclic) bond motifs is 1. The zero-order chi connectivity index (χ0) is 26.4. The van der Waals surface area contributed by atoms with E-state index in [9.17, 15) is 9.59 Å². The molecule has 0 radical (unpaired) electrons. The van der Waals surface area contributed by atoms with Gasteiger partial charge in [0, 0.05) is 58.1 Å². The maximum Gasteiger partial charge on any atom is 0.259 e. The molecule has 0 aliphatic carbocycles. The molecule has 196 valence electrons. The topological polar surface area (TPSA) is 82.8 Å². The third kappa shape index (κ3) is 6.43. The van der Waals surface area contributed by atoms with Gasteiger partial charge in [0.2, 0.25) is 5.91 Å². The minimum atomic E-state index is -0.0834. The third-order valence-corrected chi connectivity index (χ3v) is 6.83. The van der Waals surface area contributed by atoms with Crippen LogP contribution >= 0.6 is 0 Å². The van der Waals surface area contributed by atoms with Crippen LogP contribution in [0.15, 0.2) is 53.2 Å².